The summed E-state index contributed by atoms with van der Waals surface area (Å²) in [5.74, 6) is -1.82. The molecule has 0 radical (unpaired) electrons. The van der Waals surface area contributed by atoms with Crippen LogP contribution >= 0.6 is 11.6 Å². The van der Waals surface area contributed by atoms with Crippen molar-refractivity contribution in [2.75, 3.05) is 10.6 Å². The molecule has 2 aromatic rings. The van der Waals surface area contributed by atoms with Gasteiger partial charge in [0.1, 0.15) is 5.82 Å². The number of halogens is 2. The first-order valence-electron chi connectivity index (χ1n) is 5.67. The molecule has 108 valence electrons. The van der Waals surface area contributed by atoms with E-state index in [2.05, 4.69) is 15.6 Å². The van der Waals surface area contributed by atoms with E-state index in [0.717, 1.165) is 12.3 Å². The summed E-state index contributed by atoms with van der Waals surface area (Å²) in [5.41, 5.74) is 0.337. The van der Waals surface area contributed by atoms with Gasteiger partial charge in [0.15, 0.2) is 0 Å². The number of aromatic carboxylic acids is 1. The molecule has 0 spiro atoms. The maximum Gasteiger partial charge on any atom is 0.337 e. The minimum Gasteiger partial charge on any atom is -0.478 e. The monoisotopic (exact) mass is 309 g/mol. The molecule has 8 heteroatoms. The van der Waals surface area contributed by atoms with Crippen LogP contribution in [0.3, 0.4) is 0 Å². The zero-order chi connectivity index (χ0) is 15.4. The number of carbonyl (C=O) groups excluding carboxylic acids is 1. The molecule has 2 amide bonds. The molecule has 0 bridgehead atoms. The molecule has 0 atom stereocenters. The van der Waals surface area contributed by atoms with E-state index in [-0.39, 0.29) is 22.0 Å². The standard InChI is InChI=1S/C13H9ClFN3O3/c14-10-2-1-8(4-11(10)15)17-13(21)18-9-3-7(12(19)20)5-16-6-9/h1-6H,(H,19,20)(H2,17,18,21). The topological polar surface area (TPSA) is 91.3 Å². The Morgan fingerprint density at radius 3 is 2.52 bits per heavy atom. The van der Waals surface area contributed by atoms with Gasteiger partial charge in [0, 0.05) is 11.9 Å². The van der Waals surface area contributed by atoms with Gasteiger partial charge in [-0.3, -0.25) is 4.98 Å². The van der Waals surface area contributed by atoms with Gasteiger partial charge >= 0.3 is 12.0 Å². The number of carboxylic acids is 1. The summed E-state index contributed by atoms with van der Waals surface area (Å²) in [5, 5.41) is 13.5. The van der Waals surface area contributed by atoms with Crippen LogP contribution in [0.2, 0.25) is 5.02 Å². The molecular weight excluding hydrogens is 301 g/mol. The van der Waals surface area contributed by atoms with Crippen LogP contribution in [0, 0.1) is 5.82 Å². The number of benzene rings is 1. The van der Waals surface area contributed by atoms with Crippen LogP contribution in [0.1, 0.15) is 10.4 Å². The van der Waals surface area contributed by atoms with Crippen molar-refractivity contribution in [3.05, 3.63) is 53.1 Å². The second-order valence-corrected chi connectivity index (χ2v) is 4.38. The van der Waals surface area contributed by atoms with Gasteiger partial charge < -0.3 is 15.7 Å². The summed E-state index contributed by atoms with van der Waals surface area (Å²) in [6.07, 6.45) is 2.44. The van der Waals surface area contributed by atoms with Gasteiger partial charge in [0.05, 0.1) is 22.5 Å². The number of aromatic nitrogens is 1. The lowest BCUT2D eigenvalue weighted by atomic mass is 10.2. The van der Waals surface area contributed by atoms with Crippen molar-refractivity contribution in [3.63, 3.8) is 0 Å². The number of nitrogens with zero attached hydrogens (tertiary/aromatic N) is 1. The van der Waals surface area contributed by atoms with Gasteiger partial charge in [-0.2, -0.15) is 0 Å². The van der Waals surface area contributed by atoms with E-state index in [1.54, 1.807) is 0 Å². The molecule has 0 saturated heterocycles. The molecule has 3 N–H and O–H groups in total. The highest BCUT2D eigenvalue weighted by molar-refractivity contribution is 6.30. The number of nitrogens with one attached hydrogen (secondary N) is 2. The maximum atomic E-state index is 13.2. The maximum absolute atomic E-state index is 13.2. The SMILES string of the molecule is O=C(Nc1cncc(C(=O)O)c1)Nc1ccc(Cl)c(F)c1. The smallest absolute Gasteiger partial charge is 0.337 e. The Hall–Kier alpha value is -2.67. The molecule has 0 aliphatic carbocycles. The molecule has 1 aromatic heterocycles. The predicted molar refractivity (Wildman–Crippen MR) is 75.2 cm³/mol. The van der Waals surface area contributed by atoms with E-state index < -0.39 is 17.8 Å². The van der Waals surface area contributed by atoms with Crippen LogP contribution in [-0.2, 0) is 0 Å². The molecule has 1 aromatic carbocycles. The highest BCUT2D eigenvalue weighted by atomic mass is 35.5. The highest BCUT2D eigenvalue weighted by Crippen LogP contribution is 2.19. The normalized spacial score (nSPS) is 10.0. The van der Waals surface area contributed by atoms with Gasteiger partial charge in [-0.1, -0.05) is 11.6 Å². The summed E-state index contributed by atoms with van der Waals surface area (Å²) in [6.45, 7) is 0. The van der Waals surface area contributed by atoms with Crippen LogP contribution in [0.15, 0.2) is 36.7 Å². The van der Waals surface area contributed by atoms with Crippen LogP contribution in [0.4, 0.5) is 20.6 Å². The number of rotatable bonds is 3. The van der Waals surface area contributed by atoms with Gasteiger partial charge in [-0.05, 0) is 24.3 Å². The number of urea groups is 1. The molecule has 2 rings (SSSR count). The summed E-state index contributed by atoms with van der Waals surface area (Å²) < 4.78 is 13.2. The number of hydrogen-bond acceptors (Lipinski definition) is 3. The summed E-state index contributed by atoms with van der Waals surface area (Å²) in [7, 11) is 0. The van der Waals surface area contributed by atoms with Crippen LogP contribution in [0.5, 0.6) is 0 Å². The van der Waals surface area contributed by atoms with Crippen molar-refractivity contribution in [2.45, 2.75) is 0 Å². The van der Waals surface area contributed by atoms with Crippen molar-refractivity contribution in [1.82, 2.24) is 4.98 Å². The Balaban J connectivity index is 2.06. The number of carboxylic acid groups (broad SMARTS) is 1. The third kappa shape index (κ3) is 3.90. The van der Waals surface area contributed by atoms with Crippen molar-refractivity contribution in [2.24, 2.45) is 0 Å². The number of amides is 2. The van der Waals surface area contributed by atoms with Crippen molar-refractivity contribution < 1.29 is 19.1 Å². The summed E-state index contributed by atoms with van der Waals surface area (Å²) in [6, 6.07) is 4.38. The number of anilines is 2. The molecule has 6 nitrogen and oxygen atoms in total. The van der Waals surface area contributed by atoms with E-state index in [9.17, 15) is 14.0 Å². The van der Waals surface area contributed by atoms with Crippen LogP contribution in [-0.4, -0.2) is 22.1 Å². The Kier molecular flexibility index (Phi) is 4.34. The Morgan fingerprint density at radius 2 is 1.86 bits per heavy atom. The molecule has 0 unspecified atom stereocenters. The second kappa shape index (κ2) is 6.19. The van der Waals surface area contributed by atoms with Gasteiger partial charge in [-0.15, -0.1) is 0 Å². The fourth-order valence-corrected chi connectivity index (χ4v) is 1.61. The van der Waals surface area contributed by atoms with E-state index in [4.69, 9.17) is 16.7 Å². The van der Waals surface area contributed by atoms with E-state index >= 15 is 0 Å². The minimum atomic E-state index is -1.16. The number of hydrogen-bond donors (Lipinski definition) is 3. The van der Waals surface area contributed by atoms with Crippen molar-refractivity contribution in [1.29, 1.82) is 0 Å². The molecule has 21 heavy (non-hydrogen) atoms. The average molecular weight is 310 g/mol. The molecule has 0 aliphatic heterocycles. The fourth-order valence-electron chi connectivity index (χ4n) is 1.49. The quantitative estimate of drug-likeness (QED) is 0.812. The first-order chi connectivity index (χ1) is 9.95. The van der Waals surface area contributed by atoms with Crippen molar-refractivity contribution >= 4 is 35.0 Å². The van der Waals surface area contributed by atoms with Crippen molar-refractivity contribution in [3.8, 4) is 0 Å². The molecular formula is C13H9ClFN3O3. The summed E-state index contributed by atoms with van der Waals surface area (Å²) >= 11 is 5.53. The minimum absolute atomic E-state index is 0.0562. The van der Waals surface area contributed by atoms with Gasteiger partial charge in [-0.25, -0.2) is 14.0 Å². The third-order valence-electron chi connectivity index (χ3n) is 2.42. The Morgan fingerprint density at radius 1 is 1.14 bits per heavy atom. The van der Waals surface area contributed by atoms with E-state index in [1.165, 1.54) is 24.4 Å². The molecule has 0 saturated carbocycles. The fraction of sp³-hybridized carbons (Fsp3) is 0. The largest absolute Gasteiger partial charge is 0.478 e. The second-order valence-electron chi connectivity index (χ2n) is 3.98. The third-order valence-corrected chi connectivity index (χ3v) is 2.73. The summed E-state index contributed by atoms with van der Waals surface area (Å²) in [4.78, 5) is 26.2. The number of pyridine rings is 1. The molecule has 0 aliphatic rings. The van der Waals surface area contributed by atoms with Crippen LogP contribution < -0.4 is 10.6 Å². The predicted octanol–water partition coefficient (Wildman–Crippen LogP) is 3.22. The Labute approximate surface area is 123 Å². The van der Waals surface area contributed by atoms with Crippen LogP contribution in [0.25, 0.3) is 0 Å². The first kappa shape index (κ1) is 14.7. The zero-order valence-corrected chi connectivity index (χ0v) is 11.2. The van der Waals surface area contributed by atoms with E-state index in [0.29, 0.717) is 0 Å². The van der Waals surface area contributed by atoms with E-state index in [1.807, 2.05) is 0 Å². The lowest BCUT2D eigenvalue weighted by molar-refractivity contribution is 0.0696. The zero-order valence-electron chi connectivity index (χ0n) is 10.4. The molecule has 1 heterocycles. The average Bonchev–Trinajstić information content (AvgIpc) is 2.43. The highest BCUT2D eigenvalue weighted by Gasteiger charge is 2.08. The molecule has 0 fully saturated rings. The number of carbonyl (C=O) groups is 2. The Bertz CT molecular complexity index is 709. The lowest BCUT2D eigenvalue weighted by Gasteiger charge is -2.08. The first-order valence-corrected chi connectivity index (χ1v) is 6.05. The lowest BCUT2D eigenvalue weighted by Crippen LogP contribution is -2.19. The van der Waals surface area contributed by atoms with Gasteiger partial charge in [0.25, 0.3) is 0 Å². The van der Waals surface area contributed by atoms with Gasteiger partial charge in [0.2, 0.25) is 0 Å².